The summed E-state index contributed by atoms with van der Waals surface area (Å²) >= 11 is 0. The Kier molecular flexibility index (Phi) is 9.86. The van der Waals surface area contributed by atoms with Crippen LogP contribution in [0.25, 0.3) is 0 Å². The number of unbranched alkanes of at least 4 members (excludes halogenated alkanes) is 7. The number of rotatable bonds is 11. The Bertz CT molecular complexity index is 897. The lowest BCUT2D eigenvalue weighted by molar-refractivity contribution is 0.0696. The molecule has 5 heteroatoms. The molecule has 0 bridgehead atoms. The third kappa shape index (κ3) is 7.18. The monoisotopic (exact) mass is 414 g/mol. The third-order valence-electron chi connectivity index (χ3n) is 4.79. The van der Waals surface area contributed by atoms with Crippen LogP contribution in [0.3, 0.4) is 0 Å². The van der Waals surface area contributed by atoms with E-state index in [2.05, 4.69) is 18.8 Å². The minimum atomic E-state index is -1.13. The smallest absolute Gasteiger partial charge is 0.336 e. The van der Waals surface area contributed by atoms with Gasteiger partial charge in [-0.25, -0.2) is 9.18 Å². The van der Waals surface area contributed by atoms with Crippen molar-refractivity contribution in [2.75, 3.05) is 6.61 Å². The van der Waals surface area contributed by atoms with Crippen LogP contribution in [-0.2, 0) is 0 Å². The molecule has 0 saturated heterocycles. The third-order valence-corrected chi connectivity index (χ3v) is 4.79. The fourth-order valence-electron chi connectivity index (χ4n) is 3.07. The molecule has 0 aromatic heterocycles. The number of hydrogen-bond acceptors (Lipinski definition) is 2. The van der Waals surface area contributed by atoms with E-state index in [9.17, 15) is 13.6 Å². The molecule has 0 fully saturated rings. The first-order chi connectivity index (χ1) is 14.5. The molecule has 2 aromatic rings. The number of aromatic carboxylic acids is 1. The lowest BCUT2D eigenvalue weighted by Gasteiger charge is -2.08. The first kappa shape index (κ1) is 23.4. The molecule has 0 spiro atoms. The summed E-state index contributed by atoms with van der Waals surface area (Å²) in [5.74, 6) is 1.69. The molecular weight excluding hydrogens is 386 g/mol. The fourth-order valence-corrected chi connectivity index (χ4v) is 3.07. The second-order valence-electron chi connectivity index (χ2n) is 7.16. The van der Waals surface area contributed by atoms with E-state index in [-0.39, 0.29) is 22.4 Å². The van der Waals surface area contributed by atoms with Gasteiger partial charge in [-0.1, -0.05) is 75.8 Å². The van der Waals surface area contributed by atoms with Crippen molar-refractivity contribution in [1.29, 1.82) is 0 Å². The Morgan fingerprint density at radius 1 is 0.867 bits per heavy atom. The molecule has 1 N–H and O–H groups in total. The van der Waals surface area contributed by atoms with Crippen molar-refractivity contribution in [2.45, 2.75) is 58.3 Å². The Morgan fingerprint density at radius 3 is 2.20 bits per heavy atom. The second-order valence-corrected chi connectivity index (χ2v) is 7.16. The maximum atomic E-state index is 14.3. The van der Waals surface area contributed by atoms with Gasteiger partial charge in [0.1, 0.15) is 0 Å². The Hall–Kier alpha value is -2.87. The summed E-state index contributed by atoms with van der Waals surface area (Å²) in [5, 5.41) is 9.16. The largest absolute Gasteiger partial charge is 0.490 e. The SMILES string of the molecule is CCCCCCCCCCOc1ccc(C#Cc2ccccc2C(=O)O)c(F)c1F. The summed E-state index contributed by atoms with van der Waals surface area (Å²) in [4.78, 5) is 11.2. The summed E-state index contributed by atoms with van der Waals surface area (Å²) in [5.41, 5.74) is 0.100. The Labute approximate surface area is 177 Å². The van der Waals surface area contributed by atoms with E-state index in [1.54, 1.807) is 12.1 Å². The van der Waals surface area contributed by atoms with Crippen LogP contribution in [0, 0.1) is 23.5 Å². The van der Waals surface area contributed by atoms with Crippen molar-refractivity contribution >= 4 is 5.97 Å². The summed E-state index contributed by atoms with van der Waals surface area (Å²) in [7, 11) is 0. The highest BCUT2D eigenvalue weighted by atomic mass is 19.2. The van der Waals surface area contributed by atoms with E-state index in [0.29, 0.717) is 6.61 Å². The van der Waals surface area contributed by atoms with E-state index in [0.717, 1.165) is 19.3 Å². The van der Waals surface area contributed by atoms with E-state index in [1.165, 1.54) is 56.4 Å². The van der Waals surface area contributed by atoms with Crippen LogP contribution >= 0.6 is 0 Å². The zero-order valence-corrected chi connectivity index (χ0v) is 17.3. The van der Waals surface area contributed by atoms with Crippen molar-refractivity contribution < 1.29 is 23.4 Å². The average molecular weight is 414 g/mol. The Balaban J connectivity index is 1.90. The molecule has 160 valence electrons. The van der Waals surface area contributed by atoms with Crippen molar-refractivity contribution in [1.82, 2.24) is 0 Å². The molecule has 30 heavy (non-hydrogen) atoms. The van der Waals surface area contributed by atoms with Gasteiger partial charge < -0.3 is 9.84 Å². The van der Waals surface area contributed by atoms with Crippen LogP contribution in [0.2, 0.25) is 0 Å². The number of carboxylic acid groups (broad SMARTS) is 1. The molecule has 0 amide bonds. The summed E-state index contributed by atoms with van der Waals surface area (Å²) in [6.45, 7) is 2.53. The molecule has 3 nitrogen and oxygen atoms in total. The van der Waals surface area contributed by atoms with Crippen LogP contribution < -0.4 is 4.74 Å². The van der Waals surface area contributed by atoms with Gasteiger partial charge >= 0.3 is 5.97 Å². The number of carbonyl (C=O) groups is 1. The second kappa shape index (κ2) is 12.6. The number of halogens is 2. The molecule has 0 saturated carbocycles. The van der Waals surface area contributed by atoms with Gasteiger partial charge in [-0.3, -0.25) is 0 Å². The Morgan fingerprint density at radius 2 is 1.50 bits per heavy atom. The van der Waals surface area contributed by atoms with Gasteiger partial charge in [-0.15, -0.1) is 0 Å². The minimum Gasteiger partial charge on any atom is -0.490 e. The zero-order chi connectivity index (χ0) is 21.8. The van der Waals surface area contributed by atoms with E-state index in [4.69, 9.17) is 9.84 Å². The lowest BCUT2D eigenvalue weighted by Crippen LogP contribution is -2.02. The summed E-state index contributed by atoms with van der Waals surface area (Å²) in [6.07, 6.45) is 9.14. The molecule has 0 aliphatic rings. The topological polar surface area (TPSA) is 46.5 Å². The van der Waals surface area contributed by atoms with Crippen molar-refractivity contribution in [3.05, 3.63) is 64.7 Å². The molecule has 0 aliphatic carbocycles. The number of benzene rings is 2. The van der Waals surface area contributed by atoms with Crippen LogP contribution in [0.5, 0.6) is 5.75 Å². The van der Waals surface area contributed by atoms with Gasteiger partial charge in [0.2, 0.25) is 5.82 Å². The highest BCUT2D eigenvalue weighted by Crippen LogP contribution is 2.23. The predicted octanol–water partition coefficient (Wildman–Crippen LogP) is 6.58. The lowest BCUT2D eigenvalue weighted by atomic mass is 10.1. The van der Waals surface area contributed by atoms with E-state index in [1.807, 2.05) is 0 Å². The fraction of sp³-hybridized carbons (Fsp3) is 0.400. The minimum absolute atomic E-state index is 0.0104. The van der Waals surface area contributed by atoms with Crippen molar-refractivity contribution in [3.8, 4) is 17.6 Å². The molecule has 0 radical (unpaired) electrons. The maximum Gasteiger partial charge on any atom is 0.336 e. The quantitative estimate of drug-likeness (QED) is 0.334. The van der Waals surface area contributed by atoms with Gasteiger partial charge in [0.05, 0.1) is 17.7 Å². The van der Waals surface area contributed by atoms with Gasteiger partial charge in [0.15, 0.2) is 11.6 Å². The molecule has 2 rings (SSSR count). The molecule has 0 aliphatic heterocycles. The average Bonchev–Trinajstić information content (AvgIpc) is 2.75. The molecule has 0 heterocycles. The van der Waals surface area contributed by atoms with Gasteiger partial charge in [0.25, 0.3) is 0 Å². The van der Waals surface area contributed by atoms with Gasteiger partial charge in [0, 0.05) is 5.56 Å². The predicted molar refractivity (Wildman–Crippen MR) is 114 cm³/mol. The maximum absolute atomic E-state index is 14.3. The molecule has 2 aromatic carbocycles. The number of carboxylic acids is 1. The first-order valence-electron chi connectivity index (χ1n) is 10.5. The summed E-state index contributed by atoms with van der Waals surface area (Å²) in [6, 6.07) is 8.84. The summed E-state index contributed by atoms with van der Waals surface area (Å²) < 4.78 is 34.0. The number of ether oxygens (including phenoxy) is 1. The molecule has 0 unspecified atom stereocenters. The van der Waals surface area contributed by atoms with Gasteiger partial charge in [-0.05, 0) is 30.7 Å². The van der Waals surface area contributed by atoms with Gasteiger partial charge in [-0.2, -0.15) is 4.39 Å². The highest BCUT2D eigenvalue weighted by molar-refractivity contribution is 5.90. The molecule has 0 atom stereocenters. The zero-order valence-electron chi connectivity index (χ0n) is 17.3. The van der Waals surface area contributed by atoms with Crippen LogP contribution in [0.4, 0.5) is 8.78 Å². The molecular formula is C25H28F2O3. The van der Waals surface area contributed by atoms with E-state index < -0.39 is 17.6 Å². The van der Waals surface area contributed by atoms with Crippen LogP contribution in [-0.4, -0.2) is 17.7 Å². The van der Waals surface area contributed by atoms with Crippen molar-refractivity contribution in [3.63, 3.8) is 0 Å². The highest BCUT2D eigenvalue weighted by Gasteiger charge is 2.14. The normalized spacial score (nSPS) is 10.4. The van der Waals surface area contributed by atoms with Crippen molar-refractivity contribution in [2.24, 2.45) is 0 Å². The van der Waals surface area contributed by atoms with E-state index >= 15 is 0 Å². The first-order valence-corrected chi connectivity index (χ1v) is 10.5. The van der Waals surface area contributed by atoms with Crippen LogP contribution in [0.15, 0.2) is 36.4 Å². The standard InChI is InChI=1S/C25H28F2O3/c1-2-3-4-5-6-7-8-11-18-30-22-17-16-20(23(26)24(22)27)15-14-19-12-9-10-13-21(19)25(28)29/h9-10,12-13,16-17H,2-8,11,18H2,1H3,(H,28,29). The number of hydrogen-bond donors (Lipinski definition) is 1. The van der Waals surface area contributed by atoms with Crippen LogP contribution in [0.1, 0.15) is 79.8 Å².